The van der Waals surface area contributed by atoms with Crippen molar-refractivity contribution in [1.82, 2.24) is 14.6 Å². The summed E-state index contributed by atoms with van der Waals surface area (Å²) in [4.78, 5) is 16.8. The van der Waals surface area contributed by atoms with Crippen LogP contribution < -0.4 is 15.0 Å². The number of methoxy groups -OCH3 is 1. The Morgan fingerprint density at radius 1 is 1.36 bits per heavy atom. The Morgan fingerprint density at radius 3 is 2.88 bits per heavy atom. The minimum atomic E-state index is -0.224. The van der Waals surface area contributed by atoms with E-state index in [2.05, 4.69) is 10.1 Å². The largest absolute Gasteiger partial charge is 0.493 e. The molecule has 0 radical (unpaired) electrons. The molecule has 130 valence electrons. The van der Waals surface area contributed by atoms with Gasteiger partial charge in [-0.05, 0) is 37.6 Å². The number of fused-ring (bicyclic) bond motifs is 1. The first-order chi connectivity index (χ1) is 12.0. The van der Waals surface area contributed by atoms with Crippen molar-refractivity contribution in [2.75, 3.05) is 13.7 Å². The third-order valence-electron chi connectivity index (χ3n) is 3.36. The molecule has 0 aliphatic rings. The summed E-state index contributed by atoms with van der Waals surface area (Å²) in [7, 11) is 1.59. The Labute approximate surface area is 153 Å². The van der Waals surface area contributed by atoms with Gasteiger partial charge in [-0.25, -0.2) is 4.98 Å². The van der Waals surface area contributed by atoms with E-state index in [0.717, 1.165) is 5.56 Å². The Morgan fingerprint density at radius 2 is 2.16 bits per heavy atom. The highest BCUT2D eigenvalue weighted by Gasteiger charge is 2.11. The molecule has 0 aliphatic heterocycles. The molecule has 0 saturated heterocycles. The fraction of sp³-hybridized carbons (Fsp3) is 0.235. The van der Waals surface area contributed by atoms with Crippen molar-refractivity contribution in [2.45, 2.75) is 13.8 Å². The van der Waals surface area contributed by atoms with Gasteiger partial charge in [0.05, 0.1) is 18.7 Å². The fourth-order valence-corrected chi connectivity index (χ4v) is 3.41. The van der Waals surface area contributed by atoms with E-state index in [-0.39, 0.29) is 5.56 Å². The number of halogens is 1. The molecule has 0 amide bonds. The van der Waals surface area contributed by atoms with E-state index < -0.39 is 0 Å². The zero-order valence-corrected chi connectivity index (χ0v) is 15.5. The van der Waals surface area contributed by atoms with Crippen LogP contribution in [-0.4, -0.2) is 28.3 Å². The summed E-state index contributed by atoms with van der Waals surface area (Å²) in [5, 5.41) is 5.18. The zero-order chi connectivity index (χ0) is 18.0. The number of hydrogen-bond donors (Lipinski definition) is 0. The predicted octanol–water partition coefficient (Wildman–Crippen LogP) is 3.60. The highest BCUT2D eigenvalue weighted by Crippen LogP contribution is 2.31. The molecule has 0 fully saturated rings. The van der Waals surface area contributed by atoms with Crippen LogP contribution in [0.5, 0.6) is 11.5 Å². The molecular formula is C17H16ClN3O3S. The lowest BCUT2D eigenvalue weighted by Gasteiger charge is -2.09. The predicted molar refractivity (Wildman–Crippen MR) is 99.8 cm³/mol. The lowest BCUT2D eigenvalue weighted by atomic mass is 10.2. The normalized spacial score (nSPS) is 11.8. The molecular weight excluding hydrogens is 362 g/mol. The van der Waals surface area contributed by atoms with Gasteiger partial charge in [0.15, 0.2) is 16.5 Å². The van der Waals surface area contributed by atoms with Crippen molar-refractivity contribution in [2.24, 2.45) is 0 Å². The lowest BCUT2D eigenvalue weighted by Crippen LogP contribution is -2.14. The molecule has 3 rings (SSSR count). The smallest absolute Gasteiger partial charge is 0.275 e. The molecule has 0 aliphatic carbocycles. The molecule has 2 aromatic heterocycles. The molecule has 0 N–H and O–H groups in total. The zero-order valence-electron chi connectivity index (χ0n) is 13.9. The Kier molecular flexibility index (Phi) is 5.06. The SMILES string of the molecule is CCOc1cc(/C=C(\Cl)c2nn3c(=O)cc(C)nc3s2)ccc1OC. The minimum Gasteiger partial charge on any atom is -0.493 e. The van der Waals surface area contributed by atoms with Gasteiger partial charge < -0.3 is 9.47 Å². The molecule has 25 heavy (non-hydrogen) atoms. The van der Waals surface area contributed by atoms with Gasteiger partial charge in [-0.3, -0.25) is 4.79 Å². The third-order valence-corrected chi connectivity index (χ3v) is 4.70. The van der Waals surface area contributed by atoms with Gasteiger partial charge in [-0.2, -0.15) is 9.61 Å². The van der Waals surface area contributed by atoms with Gasteiger partial charge in [0, 0.05) is 11.8 Å². The molecule has 0 atom stereocenters. The number of aromatic nitrogens is 3. The van der Waals surface area contributed by atoms with Crippen LogP contribution >= 0.6 is 22.9 Å². The number of benzene rings is 1. The molecule has 3 aromatic rings. The average molecular weight is 378 g/mol. The highest BCUT2D eigenvalue weighted by molar-refractivity contribution is 7.18. The molecule has 1 aromatic carbocycles. The highest BCUT2D eigenvalue weighted by atomic mass is 35.5. The van der Waals surface area contributed by atoms with Crippen molar-refractivity contribution in [3.05, 3.63) is 50.9 Å². The van der Waals surface area contributed by atoms with E-state index >= 15 is 0 Å². The van der Waals surface area contributed by atoms with Gasteiger partial charge in [0.2, 0.25) is 4.96 Å². The van der Waals surface area contributed by atoms with E-state index in [1.807, 2.05) is 25.1 Å². The molecule has 0 bridgehead atoms. The molecule has 0 spiro atoms. The van der Waals surface area contributed by atoms with Crippen molar-refractivity contribution in [3.63, 3.8) is 0 Å². The summed E-state index contributed by atoms with van der Waals surface area (Å²) in [6.45, 7) is 4.21. The molecule has 6 nitrogen and oxygen atoms in total. The van der Waals surface area contributed by atoms with Gasteiger partial charge >= 0.3 is 0 Å². The van der Waals surface area contributed by atoms with Crippen molar-refractivity contribution in [3.8, 4) is 11.5 Å². The van der Waals surface area contributed by atoms with E-state index in [1.165, 1.54) is 21.9 Å². The first-order valence-corrected chi connectivity index (χ1v) is 8.77. The molecule has 2 heterocycles. The summed E-state index contributed by atoms with van der Waals surface area (Å²) in [6, 6.07) is 6.96. The molecule has 8 heteroatoms. The first-order valence-electron chi connectivity index (χ1n) is 7.57. The Balaban J connectivity index is 2.00. The Bertz CT molecular complexity index is 1010. The maximum atomic E-state index is 12.0. The first kappa shape index (κ1) is 17.4. The second-order valence-corrected chi connectivity index (χ2v) is 6.54. The average Bonchev–Trinajstić information content (AvgIpc) is 3.00. The van der Waals surface area contributed by atoms with Crippen LogP contribution in [0.25, 0.3) is 16.1 Å². The van der Waals surface area contributed by atoms with Crippen molar-refractivity contribution in [1.29, 1.82) is 0 Å². The van der Waals surface area contributed by atoms with Gasteiger partial charge in [-0.15, -0.1) is 0 Å². The number of ether oxygens (including phenoxy) is 2. The summed E-state index contributed by atoms with van der Waals surface area (Å²) in [6.07, 6.45) is 1.76. The molecule has 0 unspecified atom stereocenters. The Hall–Kier alpha value is -2.38. The van der Waals surface area contributed by atoms with Crippen molar-refractivity contribution >= 4 is 39.0 Å². The second kappa shape index (κ2) is 7.25. The van der Waals surface area contributed by atoms with Crippen LogP contribution in [0, 0.1) is 6.92 Å². The number of aryl methyl sites for hydroxylation is 1. The van der Waals surface area contributed by atoms with E-state index in [1.54, 1.807) is 20.1 Å². The summed E-state index contributed by atoms with van der Waals surface area (Å²) in [5.74, 6) is 1.29. The second-order valence-electron chi connectivity index (χ2n) is 5.17. The van der Waals surface area contributed by atoms with Gasteiger partial charge in [0.25, 0.3) is 5.56 Å². The monoisotopic (exact) mass is 377 g/mol. The van der Waals surface area contributed by atoms with Gasteiger partial charge in [0.1, 0.15) is 0 Å². The number of rotatable bonds is 5. The summed E-state index contributed by atoms with van der Waals surface area (Å²) < 4.78 is 12.1. The number of nitrogens with zero attached hydrogens (tertiary/aromatic N) is 3. The maximum Gasteiger partial charge on any atom is 0.275 e. The maximum absolute atomic E-state index is 12.0. The summed E-state index contributed by atoms with van der Waals surface area (Å²) >= 11 is 7.66. The quantitative estimate of drug-likeness (QED) is 0.679. The number of hydrogen-bond acceptors (Lipinski definition) is 6. The minimum absolute atomic E-state index is 0.224. The topological polar surface area (TPSA) is 65.7 Å². The third kappa shape index (κ3) is 3.67. The van der Waals surface area contributed by atoms with Crippen LogP contribution in [0.15, 0.2) is 29.1 Å². The van der Waals surface area contributed by atoms with Crippen LogP contribution in [0.1, 0.15) is 23.2 Å². The van der Waals surface area contributed by atoms with Crippen LogP contribution in [0.3, 0.4) is 0 Å². The van der Waals surface area contributed by atoms with Crippen molar-refractivity contribution < 1.29 is 9.47 Å². The van der Waals surface area contributed by atoms with E-state index in [4.69, 9.17) is 21.1 Å². The van der Waals surface area contributed by atoms with Gasteiger partial charge in [-0.1, -0.05) is 29.0 Å². The standard InChI is InChI=1S/C17H16ClN3O3S/c1-4-24-14-9-11(5-6-13(14)23-3)8-12(18)16-20-21-15(22)7-10(2)19-17(21)25-16/h5-9H,4H2,1-3H3/b12-8-. The van der Waals surface area contributed by atoms with Crippen LogP contribution in [0.4, 0.5) is 0 Å². The molecule has 0 saturated carbocycles. The van der Waals surface area contributed by atoms with Crippen LogP contribution in [0.2, 0.25) is 0 Å². The lowest BCUT2D eigenvalue weighted by molar-refractivity contribution is 0.311. The van der Waals surface area contributed by atoms with E-state index in [0.29, 0.717) is 38.8 Å². The van der Waals surface area contributed by atoms with E-state index in [9.17, 15) is 4.79 Å². The summed E-state index contributed by atoms with van der Waals surface area (Å²) in [5.41, 5.74) is 1.26. The van der Waals surface area contributed by atoms with Crippen LogP contribution in [-0.2, 0) is 0 Å². The fourth-order valence-electron chi connectivity index (χ4n) is 2.28.